The maximum atomic E-state index is 12.1. The second kappa shape index (κ2) is 8.67. The van der Waals surface area contributed by atoms with Crippen LogP contribution in [0.15, 0.2) is 30.5 Å². The molecule has 0 aliphatic heterocycles. The van der Waals surface area contributed by atoms with Gasteiger partial charge in [0.15, 0.2) is 0 Å². The Morgan fingerprint density at radius 1 is 1.20 bits per heavy atom. The number of hydrogen-bond acceptors (Lipinski definition) is 3. The van der Waals surface area contributed by atoms with Crippen molar-refractivity contribution in [2.24, 2.45) is 5.92 Å². The van der Waals surface area contributed by atoms with Crippen LogP contribution in [0.2, 0.25) is 0 Å². The van der Waals surface area contributed by atoms with Gasteiger partial charge in [0, 0.05) is 42.0 Å². The molecule has 2 amide bonds. The van der Waals surface area contributed by atoms with Gasteiger partial charge >= 0.3 is 11.8 Å². The monoisotopic (exact) mass is 345 g/mol. The smallest absolute Gasteiger partial charge is 0.313 e. The molecular weight excluding hydrogens is 318 g/mol. The molecule has 0 aliphatic carbocycles. The zero-order valence-corrected chi connectivity index (χ0v) is 15.1. The summed E-state index contributed by atoms with van der Waals surface area (Å²) < 4.78 is 2.16. The molecule has 1 heterocycles. The fraction of sp³-hybridized carbons (Fsp3) is 0.474. The molecule has 0 radical (unpaired) electrons. The van der Waals surface area contributed by atoms with E-state index in [0.717, 1.165) is 23.9 Å². The molecule has 0 saturated carbocycles. The van der Waals surface area contributed by atoms with Crippen LogP contribution in [0.3, 0.4) is 0 Å². The molecule has 1 aromatic carbocycles. The summed E-state index contributed by atoms with van der Waals surface area (Å²) in [6.45, 7) is 6.91. The summed E-state index contributed by atoms with van der Waals surface area (Å²) >= 11 is 0. The number of nitrogens with one attached hydrogen (secondary N) is 2. The quantitative estimate of drug-likeness (QED) is 0.674. The van der Waals surface area contributed by atoms with Crippen LogP contribution in [0, 0.1) is 5.92 Å². The van der Waals surface area contributed by atoms with Crippen molar-refractivity contribution < 1.29 is 14.7 Å². The first-order valence-corrected chi connectivity index (χ1v) is 8.77. The second-order valence-corrected chi connectivity index (χ2v) is 6.57. The van der Waals surface area contributed by atoms with Gasteiger partial charge in [-0.1, -0.05) is 20.8 Å². The Morgan fingerprint density at radius 2 is 1.96 bits per heavy atom. The fourth-order valence-corrected chi connectivity index (χ4v) is 2.85. The number of nitrogens with zero attached hydrogens (tertiary/aromatic N) is 1. The Hall–Kier alpha value is -2.34. The number of fused-ring (bicyclic) bond motifs is 1. The standard InChI is InChI=1S/C19H27N3O3/c1-4-9-22-10-7-14-12-15(5-6-17(14)22)20-18(24)19(25)21-16(8-11-23)13(2)3/h5-7,10,12-13,16,23H,4,8-9,11H2,1-3H3,(H,20,24)(H,21,25). The topological polar surface area (TPSA) is 83.4 Å². The van der Waals surface area contributed by atoms with Crippen LogP contribution >= 0.6 is 0 Å². The number of aliphatic hydroxyl groups is 1. The van der Waals surface area contributed by atoms with E-state index in [1.807, 2.05) is 38.2 Å². The third kappa shape index (κ3) is 4.82. The van der Waals surface area contributed by atoms with Gasteiger partial charge in [0.05, 0.1) is 0 Å². The summed E-state index contributed by atoms with van der Waals surface area (Å²) in [5.74, 6) is -1.25. The molecule has 1 unspecified atom stereocenters. The highest BCUT2D eigenvalue weighted by Gasteiger charge is 2.20. The van der Waals surface area contributed by atoms with Crippen molar-refractivity contribution in [1.29, 1.82) is 0 Å². The molecule has 6 heteroatoms. The number of aryl methyl sites for hydroxylation is 1. The molecule has 0 fully saturated rings. The predicted octanol–water partition coefficient (Wildman–Crippen LogP) is 2.51. The third-order valence-electron chi connectivity index (χ3n) is 4.26. The number of carbonyl (C=O) groups is 2. The lowest BCUT2D eigenvalue weighted by atomic mass is 10.0. The minimum Gasteiger partial charge on any atom is -0.396 e. The minimum absolute atomic E-state index is 0.0316. The number of benzene rings is 1. The number of amides is 2. The fourth-order valence-electron chi connectivity index (χ4n) is 2.85. The SMILES string of the molecule is CCCn1ccc2cc(NC(=O)C(=O)NC(CCO)C(C)C)ccc21. The van der Waals surface area contributed by atoms with E-state index < -0.39 is 11.8 Å². The molecule has 3 N–H and O–H groups in total. The largest absolute Gasteiger partial charge is 0.396 e. The highest BCUT2D eigenvalue weighted by atomic mass is 16.3. The summed E-state index contributed by atoms with van der Waals surface area (Å²) in [4.78, 5) is 24.2. The first kappa shape index (κ1) is 19.0. The van der Waals surface area contributed by atoms with Crippen molar-refractivity contribution in [1.82, 2.24) is 9.88 Å². The molecule has 0 spiro atoms. The van der Waals surface area contributed by atoms with Crippen LogP contribution in [0.4, 0.5) is 5.69 Å². The average molecular weight is 345 g/mol. The molecule has 136 valence electrons. The summed E-state index contributed by atoms with van der Waals surface area (Å²) in [5.41, 5.74) is 1.69. The number of aliphatic hydroxyl groups excluding tert-OH is 1. The highest BCUT2D eigenvalue weighted by molar-refractivity contribution is 6.39. The van der Waals surface area contributed by atoms with Gasteiger partial charge in [-0.2, -0.15) is 0 Å². The zero-order chi connectivity index (χ0) is 18.4. The number of rotatable bonds is 7. The summed E-state index contributed by atoms with van der Waals surface area (Å²) in [6.07, 6.45) is 3.50. The Kier molecular flexibility index (Phi) is 6.58. The Bertz CT molecular complexity index is 737. The summed E-state index contributed by atoms with van der Waals surface area (Å²) in [7, 11) is 0. The highest BCUT2D eigenvalue weighted by Crippen LogP contribution is 2.21. The van der Waals surface area contributed by atoms with Crippen molar-refractivity contribution in [3.8, 4) is 0 Å². The molecule has 0 bridgehead atoms. The zero-order valence-electron chi connectivity index (χ0n) is 15.1. The van der Waals surface area contributed by atoms with E-state index in [9.17, 15) is 9.59 Å². The van der Waals surface area contributed by atoms with Gasteiger partial charge in [-0.05, 0) is 43.0 Å². The van der Waals surface area contributed by atoms with E-state index in [1.54, 1.807) is 6.07 Å². The molecule has 6 nitrogen and oxygen atoms in total. The molecule has 1 aromatic heterocycles. The van der Waals surface area contributed by atoms with Crippen molar-refractivity contribution in [2.75, 3.05) is 11.9 Å². The molecule has 25 heavy (non-hydrogen) atoms. The number of carbonyl (C=O) groups excluding carboxylic acids is 2. The van der Waals surface area contributed by atoms with E-state index in [2.05, 4.69) is 22.1 Å². The lowest BCUT2D eigenvalue weighted by Gasteiger charge is -2.21. The molecule has 1 atom stereocenters. The van der Waals surface area contributed by atoms with Crippen molar-refractivity contribution in [2.45, 2.75) is 46.2 Å². The Morgan fingerprint density at radius 3 is 2.60 bits per heavy atom. The van der Waals surface area contributed by atoms with E-state index in [4.69, 9.17) is 5.11 Å². The second-order valence-electron chi connectivity index (χ2n) is 6.57. The lowest BCUT2D eigenvalue weighted by Crippen LogP contribution is -2.44. The normalized spacial score (nSPS) is 12.4. The Balaban J connectivity index is 2.04. The summed E-state index contributed by atoms with van der Waals surface area (Å²) in [5, 5.41) is 15.4. The molecule has 2 aromatic rings. The summed E-state index contributed by atoms with van der Waals surface area (Å²) in [6, 6.07) is 7.37. The van der Waals surface area contributed by atoms with Crippen LogP contribution in [-0.2, 0) is 16.1 Å². The van der Waals surface area contributed by atoms with Crippen molar-refractivity contribution >= 4 is 28.4 Å². The van der Waals surface area contributed by atoms with E-state index in [0.29, 0.717) is 12.1 Å². The van der Waals surface area contributed by atoms with E-state index in [-0.39, 0.29) is 18.6 Å². The van der Waals surface area contributed by atoms with Gasteiger partial charge < -0.3 is 20.3 Å². The number of aromatic nitrogens is 1. The van der Waals surface area contributed by atoms with E-state index in [1.165, 1.54) is 0 Å². The van der Waals surface area contributed by atoms with Crippen LogP contribution in [0.1, 0.15) is 33.6 Å². The van der Waals surface area contributed by atoms with Gasteiger partial charge in [0.2, 0.25) is 0 Å². The Labute approximate surface area is 148 Å². The van der Waals surface area contributed by atoms with Crippen LogP contribution in [-0.4, -0.2) is 34.1 Å². The number of hydrogen-bond donors (Lipinski definition) is 3. The molecule has 0 saturated heterocycles. The minimum atomic E-state index is -0.698. The van der Waals surface area contributed by atoms with Gasteiger partial charge in [-0.15, -0.1) is 0 Å². The maximum Gasteiger partial charge on any atom is 0.313 e. The van der Waals surface area contributed by atoms with Gasteiger partial charge in [-0.25, -0.2) is 0 Å². The van der Waals surface area contributed by atoms with Gasteiger partial charge in [-0.3, -0.25) is 9.59 Å². The lowest BCUT2D eigenvalue weighted by molar-refractivity contribution is -0.136. The molecular formula is C19H27N3O3. The van der Waals surface area contributed by atoms with Gasteiger partial charge in [0.25, 0.3) is 0 Å². The third-order valence-corrected chi connectivity index (χ3v) is 4.26. The first-order valence-electron chi connectivity index (χ1n) is 8.77. The van der Waals surface area contributed by atoms with Crippen LogP contribution in [0.5, 0.6) is 0 Å². The van der Waals surface area contributed by atoms with Gasteiger partial charge in [0.1, 0.15) is 0 Å². The number of anilines is 1. The predicted molar refractivity (Wildman–Crippen MR) is 99.3 cm³/mol. The average Bonchev–Trinajstić information content (AvgIpc) is 2.97. The maximum absolute atomic E-state index is 12.1. The first-order chi connectivity index (χ1) is 12.0. The molecule has 2 rings (SSSR count). The van der Waals surface area contributed by atoms with Crippen LogP contribution in [0.25, 0.3) is 10.9 Å². The van der Waals surface area contributed by atoms with Crippen LogP contribution < -0.4 is 10.6 Å². The molecule has 0 aliphatic rings. The van der Waals surface area contributed by atoms with Crippen molar-refractivity contribution in [3.05, 3.63) is 30.5 Å². The van der Waals surface area contributed by atoms with Crippen molar-refractivity contribution in [3.63, 3.8) is 0 Å². The van der Waals surface area contributed by atoms with E-state index >= 15 is 0 Å².